The lowest BCUT2D eigenvalue weighted by atomic mass is 9.78. The molecule has 1 aromatic heterocycles. The Bertz CT molecular complexity index is 519. The molecule has 2 saturated heterocycles. The number of carboxylic acids is 1. The zero-order valence-electron chi connectivity index (χ0n) is 10.9. The SMILES string of the molecule is O=C(O)[C@@H]1[C@H](C(=O)NCc2ccncc2)[C@H]2CC[C@@H]1O2. The first-order valence-electron chi connectivity index (χ1n) is 6.71. The van der Waals surface area contributed by atoms with Crippen LogP contribution in [0.4, 0.5) is 0 Å². The fourth-order valence-corrected chi connectivity index (χ4v) is 3.13. The molecule has 4 atom stereocenters. The van der Waals surface area contributed by atoms with Crippen molar-refractivity contribution < 1.29 is 19.4 Å². The van der Waals surface area contributed by atoms with Crippen LogP contribution in [0.5, 0.6) is 0 Å². The summed E-state index contributed by atoms with van der Waals surface area (Å²) in [5, 5.41) is 12.1. The maximum absolute atomic E-state index is 12.3. The van der Waals surface area contributed by atoms with Gasteiger partial charge in [0.05, 0.1) is 24.0 Å². The number of hydrogen-bond acceptors (Lipinski definition) is 4. The Kier molecular flexibility index (Phi) is 3.40. The Morgan fingerprint density at radius 1 is 1.25 bits per heavy atom. The largest absolute Gasteiger partial charge is 0.481 e. The van der Waals surface area contributed by atoms with Crippen molar-refractivity contribution >= 4 is 11.9 Å². The molecule has 2 bridgehead atoms. The predicted octanol–water partition coefficient (Wildman–Crippen LogP) is 0.576. The Morgan fingerprint density at radius 2 is 1.90 bits per heavy atom. The monoisotopic (exact) mass is 276 g/mol. The Balaban J connectivity index is 1.66. The summed E-state index contributed by atoms with van der Waals surface area (Å²) in [6.07, 6.45) is 4.25. The van der Waals surface area contributed by atoms with Crippen LogP contribution < -0.4 is 5.32 Å². The van der Waals surface area contributed by atoms with Crippen LogP contribution in [-0.2, 0) is 20.9 Å². The molecule has 0 aliphatic carbocycles. The van der Waals surface area contributed by atoms with Gasteiger partial charge in [-0.3, -0.25) is 14.6 Å². The number of carbonyl (C=O) groups excluding carboxylic acids is 1. The number of carbonyl (C=O) groups is 2. The van der Waals surface area contributed by atoms with Crippen LogP contribution in [0.3, 0.4) is 0 Å². The quantitative estimate of drug-likeness (QED) is 0.839. The molecule has 20 heavy (non-hydrogen) atoms. The molecule has 3 heterocycles. The summed E-state index contributed by atoms with van der Waals surface area (Å²) in [5.41, 5.74) is 0.935. The predicted molar refractivity (Wildman–Crippen MR) is 68.6 cm³/mol. The third kappa shape index (κ3) is 2.27. The van der Waals surface area contributed by atoms with Gasteiger partial charge >= 0.3 is 5.97 Å². The summed E-state index contributed by atoms with van der Waals surface area (Å²) in [4.78, 5) is 27.5. The molecule has 6 heteroatoms. The average Bonchev–Trinajstić information content (AvgIpc) is 3.06. The highest BCUT2D eigenvalue weighted by Gasteiger charge is 2.55. The van der Waals surface area contributed by atoms with Gasteiger partial charge in [-0.1, -0.05) is 0 Å². The fraction of sp³-hybridized carbons (Fsp3) is 0.500. The van der Waals surface area contributed by atoms with Gasteiger partial charge in [0.25, 0.3) is 0 Å². The van der Waals surface area contributed by atoms with E-state index in [1.165, 1.54) is 0 Å². The average molecular weight is 276 g/mol. The molecule has 106 valence electrons. The maximum atomic E-state index is 12.3. The highest BCUT2D eigenvalue weighted by Crippen LogP contribution is 2.43. The number of fused-ring (bicyclic) bond motifs is 2. The molecular formula is C14H16N2O4. The summed E-state index contributed by atoms with van der Waals surface area (Å²) in [5.74, 6) is -2.47. The van der Waals surface area contributed by atoms with Crippen LogP contribution in [0.15, 0.2) is 24.5 Å². The zero-order valence-corrected chi connectivity index (χ0v) is 10.9. The number of ether oxygens (including phenoxy) is 1. The van der Waals surface area contributed by atoms with E-state index >= 15 is 0 Å². The van der Waals surface area contributed by atoms with E-state index in [1.807, 2.05) is 12.1 Å². The van der Waals surface area contributed by atoms with E-state index in [2.05, 4.69) is 10.3 Å². The van der Waals surface area contributed by atoms with Crippen molar-refractivity contribution in [1.82, 2.24) is 10.3 Å². The molecule has 1 amide bonds. The molecule has 3 rings (SSSR count). The number of pyridine rings is 1. The molecule has 0 saturated carbocycles. The van der Waals surface area contributed by atoms with Gasteiger partial charge in [-0.25, -0.2) is 0 Å². The topological polar surface area (TPSA) is 88.5 Å². The van der Waals surface area contributed by atoms with Gasteiger partial charge in [-0.2, -0.15) is 0 Å². The molecule has 1 aromatic rings. The van der Waals surface area contributed by atoms with Crippen molar-refractivity contribution in [3.63, 3.8) is 0 Å². The number of amides is 1. The number of aromatic nitrogens is 1. The number of aliphatic carboxylic acids is 1. The molecule has 0 unspecified atom stereocenters. The van der Waals surface area contributed by atoms with Gasteiger partial charge in [-0.05, 0) is 30.5 Å². The molecule has 2 fully saturated rings. The van der Waals surface area contributed by atoms with Crippen LogP contribution in [-0.4, -0.2) is 34.2 Å². The Hall–Kier alpha value is -1.95. The van der Waals surface area contributed by atoms with Crippen molar-refractivity contribution in [2.24, 2.45) is 11.8 Å². The van der Waals surface area contributed by atoms with Gasteiger partial charge in [0.1, 0.15) is 0 Å². The van der Waals surface area contributed by atoms with Crippen LogP contribution in [0.25, 0.3) is 0 Å². The van der Waals surface area contributed by atoms with E-state index in [4.69, 9.17) is 4.74 Å². The third-order valence-electron chi connectivity index (χ3n) is 4.08. The Morgan fingerprint density at radius 3 is 2.55 bits per heavy atom. The van der Waals surface area contributed by atoms with Gasteiger partial charge in [0, 0.05) is 18.9 Å². The van der Waals surface area contributed by atoms with E-state index in [9.17, 15) is 14.7 Å². The van der Waals surface area contributed by atoms with Gasteiger partial charge in [0.2, 0.25) is 5.91 Å². The molecule has 2 aliphatic rings. The second-order valence-corrected chi connectivity index (χ2v) is 5.25. The highest BCUT2D eigenvalue weighted by atomic mass is 16.5. The summed E-state index contributed by atoms with van der Waals surface area (Å²) in [6, 6.07) is 3.62. The first-order chi connectivity index (χ1) is 9.66. The minimum absolute atomic E-state index is 0.235. The van der Waals surface area contributed by atoms with Crippen LogP contribution >= 0.6 is 0 Å². The molecule has 2 N–H and O–H groups in total. The number of rotatable bonds is 4. The molecule has 2 aliphatic heterocycles. The lowest BCUT2D eigenvalue weighted by Gasteiger charge is -2.23. The summed E-state index contributed by atoms with van der Waals surface area (Å²) >= 11 is 0. The third-order valence-corrected chi connectivity index (χ3v) is 4.08. The molecule has 6 nitrogen and oxygen atoms in total. The van der Waals surface area contributed by atoms with E-state index in [1.54, 1.807) is 12.4 Å². The smallest absolute Gasteiger partial charge is 0.310 e. The van der Waals surface area contributed by atoms with Crippen LogP contribution in [0.2, 0.25) is 0 Å². The number of hydrogen-bond donors (Lipinski definition) is 2. The minimum Gasteiger partial charge on any atom is -0.481 e. The second kappa shape index (κ2) is 5.20. The Labute approximate surface area is 116 Å². The maximum Gasteiger partial charge on any atom is 0.310 e. The van der Waals surface area contributed by atoms with Gasteiger partial charge in [-0.15, -0.1) is 0 Å². The zero-order chi connectivity index (χ0) is 14.1. The highest BCUT2D eigenvalue weighted by molar-refractivity contribution is 5.86. The molecule has 0 aromatic carbocycles. The molecular weight excluding hydrogens is 260 g/mol. The second-order valence-electron chi connectivity index (χ2n) is 5.25. The van der Waals surface area contributed by atoms with E-state index in [-0.39, 0.29) is 18.1 Å². The first-order valence-corrected chi connectivity index (χ1v) is 6.71. The lowest BCUT2D eigenvalue weighted by molar-refractivity contribution is -0.147. The molecule has 0 radical (unpaired) electrons. The van der Waals surface area contributed by atoms with E-state index < -0.39 is 17.8 Å². The van der Waals surface area contributed by atoms with Crippen molar-refractivity contribution in [3.05, 3.63) is 30.1 Å². The summed E-state index contributed by atoms with van der Waals surface area (Å²) in [7, 11) is 0. The van der Waals surface area contributed by atoms with Gasteiger partial charge in [0.15, 0.2) is 0 Å². The first kappa shape index (κ1) is 13.1. The fourth-order valence-electron chi connectivity index (χ4n) is 3.13. The van der Waals surface area contributed by atoms with Gasteiger partial charge < -0.3 is 15.2 Å². The number of nitrogens with zero attached hydrogens (tertiary/aromatic N) is 1. The lowest BCUT2D eigenvalue weighted by Crippen LogP contribution is -2.43. The summed E-state index contributed by atoms with van der Waals surface area (Å²) < 4.78 is 5.58. The van der Waals surface area contributed by atoms with E-state index in [0.29, 0.717) is 6.54 Å². The summed E-state index contributed by atoms with van der Waals surface area (Å²) in [6.45, 7) is 0.377. The molecule has 0 spiro atoms. The van der Waals surface area contributed by atoms with Crippen molar-refractivity contribution in [1.29, 1.82) is 0 Å². The van der Waals surface area contributed by atoms with E-state index in [0.717, 1.165) is 18.4 Å². The number of carboxylic acid groups (broad SMARTS) is 1. The van der Waals surface area contributed by atoms with Crippen LogP contribution in [0, 0.1) is 11.8 Å². The van der Waals surface area contributed by atoms with Crippen molar-refractivity contribution in [3.8, 4) is 0 Å². The standard InChI is InChI=1S/C14H16N2O4/c17-13(16-7-8-3-5-15-6-4-8)11-9-1-2-10(20-9)12(11)14(18)19/h3-6,9-12H,1-2,7H2,(H,16,17)(H,18,19)/t9-,10+,11-,12+/m1/s1. The van der Waals surface area contributed by atoms with Crippen molar-refractivity contribution in [2.75, 3.05) is 0 Å². The van der Waals surface area contributed by atoms with Crippen molar-refractivity contribution in [2.45, 2.75) is 31.6 Å². The number of nitrogens with one attached hydrogen (secondary N) is 1. The van der Waals surface area contributed by atoms with Crippen LogP contribution in [0.1, 0.15) is 18.4 Å². The normalized spacial score (nSPS) is 31.2. The minimum atomic E-state index is -0.943.